The number of nitriles is 1. The summed E-state index contributed by atoms with van der Waals surface area (Å²) < 4.78 is 8.59. The van der Waals surface area contributed by atoms with Crippen molar-refractivity contribution in [1.29, 1.82) is 5.26 Å². The van der Waals surface area contributed by atoms with Gasteiger partial charge < -0.3 is 9.73 Å². The number of amides is 1. The van der Waals surface area contributed by atoms with Gasteiger partial charge in [-0.25, -0.2) is 4.98 Å². The number of rotatable bonds is 7. The molecule has 3 heterocycles. The van der Waals surface area contributed by atoms with Crippen LogP contribution in [0.25, 0.3) is 21.3 Å². The van der Waals surface area contributed by atoms with E-state index < -0.39 is 5.54 Å². The van der Waals surface area contributed by atoms with E-state index in [1.54, 1.807) is 11.3 Å². The molecule has 1 saturated carbocycles. The lowest BCUT2D eigenvalue weighted by molar-refractivity contribution is -0.121. The maximum absolute atomic E-state index is 12.1. The van der Waals surface area contributed by atoms with Gasteiger partial charge in [0.2, 0.25) is 17.7 Å². The van der Waals surface area contributed by atoms with Crippen molar-refractivity contribution in [2.75, 3.05) is 0 Å². The van der Waals surface area contributed by atoms with E-state index in [2.05, 4.69) is 51.8 Å². The normalized spacial score (nSPS) is 14.5. The number of carbonyl (C=O) groups excluding carboxylic acids is 1. The summed E-state index contributed by atoms with van der Waals surface area (Å²) in [5.41, 5.74) is 2.34. The highest BCUT2D eigenvalue weighted by atomic mass is 32.1. The zero-order valence-corrected chi connectivity index (χ0v) is 17.6. The van der Waals surface area contributed by atoms with Gasteiger partial charge in [-0.3, -0.25) is 9.48 Å². The number of hydrogen-bond donors (Lipinski definition) is 1. The second kappa shape index (κ2) is 7.59. The number of thiazole rings is 1. The van der Waals surface area contributed by atoms with E-state index in [9.17, 15) is 4.79 Å². The smallest absolute Gasteiger partial charge is 0.230 e. The Morgan fingerprint density at radius 3 is 2.90 bits per heavy atom. The highest BCUT2D eigenvalue weighted by molar-refractivity contribution is 7.18. The molecule has 1 aliphatic carbocycles. The summed E-state index contributed by atoms with van der Waals surface area (Å²) in [6.45, 7) is 2.88. The van der Waals surface area contributed by atoms with Gasteiger partial charge in [-0.1, -0.05) is 6.07 Å². The molecule has 0 aliphatic heterocycles. The maximum atomic E-state index is 12.1. The second-order valence-corrected chi connectivity index (χ2v) is 8.68. The van der Waals surface area contributed by atoms with E-state index in [1.165, 1.54) is 0 Å². The van der Waals surface area contributed by atoms with Crippen LogP contribution in [0, 0.1) is 11.3 Å². The summed E-state index contributed by atoms with van der Waals surface area (Å²) in [7, 11) is 0. The van der Waals surface area contributed by atoms with Gasteiger partial charge in [-0.05, 0) is 37.5 Å². The van der Waals surface area contributed by atoms with Gasteiger partial charge in [-0.2, -0.15) is 10.4 Å². The third kappa shape index (κ3) is 4.04. The average molecular weight is 433 g/mol. The molecule has 3 aromatic heterocycles. The van der Waals surface area contributed by atoms with Crippen molar-refractivity contribution in [3.05, 3.63) is 47.4 Å². The Bertz CT molecular complexity index is 1310. The Balaban J connectivity index is 1.27. The Morgan fingerprint density at radius 2 is 2.16 bits per heavy atom. The molecule has 10 heteroatoms. The Hall–Kier alpha value is -3.58. The third-order valence-corrected chi connectivity index (χ3v) is 6.22. The van der Waals surface area contributed by atoms with Crippen LogP contribution in [0.5, 0.6) is 0 Å². The number of aryl methyl sites for hydroxylation is 1. The number of nitrogens with zero attached hydrogens (tertiary/aromatic N) is 6. The lowest BCUT2D eigenvalue weighted by Crippen LogP contribution is -2.36. The van der Waals surface area contributed by atoms with E-state index in [0.717, 1.165) is 32.9 Å². The fourth-order valence-corrected chi connectivity index (χ4v) is 4.25. The van der Waals surface area contributed by atoms with Gasteiger partial charge in [0.05, 0.1) is 28.9 Å². The topological polar surface area (TPSA) is 123 Å². The highest BCUT2D eigenvalue weighted by Gasteiger charge is 2.44. The van der Waals surface area contributed by atoms with Crippen LogP contribution in [-0.4, -0.2) is 36.4 Å². The molecule has 0 atom stereocenters. The van der Waals surface area contributed by atoms with E-state index in [-0.39, 0.29) is 18.2 Å². The maximum Gasteiger partial charge on any atom is 0.230 e. The predicted octanol–water partition coefficient (Wildman–Crippen LogP) is 2.87. The van der Waals surface area contributed by atoms with Crippen molar-refractivity contribution in [1.82, 2.24) is 30.3 Å². The van der Waals surface area contributed by atoms with Crippen LogP contribution in [-0.2, 0) is 24.2 Å². The summed E-state index contributed by atoms with van der Waals surface area (Å²) in [6.07, 6.45) is 5.61. The van der Waals surface area contributed by atoms with Gasteiger partial charge in [0.25, 0.3) is 0 Å². The largest absolute Gasteiger partial charge is 0.424 e. The standard InChI is InChI=1S/C21H19N7O2S/c1-2-28-11-14(10-23-28)13-3-4-16-15(7-13)24-20(31-16)9-19-27-26-18(30-19)8-17(29)25-21(12-22)5-6-21/h3-4,7,10-11H,2,5-6,8-9H2,1H3,(H,25,29). The second-order valence-electron chi connectivity index (χ2n) is 7.56. The molecule has 5 rings (SSSR count). The van der Waals surface area contributed by atoms with Crippen LogP contribution < -0.4 is 5.32 Å². The number of nitrogens with one attached hydrogen (secondary N) is 1. The van der Waals surface area contributed by atoms with E-state index in [1.807, 2.05) is 17.1 Å². The van der Waals surface area contributed by atoms with Gasteiger partial charge in [0, 0.05) is 18.3 Å². The zero-order valence-electron chi connectivity index (χ0n) is 16.8. The first-order valence-electron chi connectivity index (χ1n) is 10.0. The lowest BCUT2D eigenvalue weighted by Gasteiger charge is -2.06. The van der Waals surface area contributed by atoms with Crippen molar-refractivity contribution in [2.24, 2.45) is 0 Å². The highest BCUT2D eigenvalue weighted by Crippen LogP contribution is 2.34. The quantitative estimate of drug-likeness (QED) is 0.475. The lowest BCUT2D eigenvalue weighted by atomic mass is 10.1. The first-order valence-corrected chi connectivity index (χ1v) is 10.8. The summed E-state index contributed by atoms with van der Waals surface area (Å²) in [5.74, 6) is 0.360. The molecule has 1 aromatic carbocycles. The Morgan fingerprint density at radius 1 is 1.32 bits per heavy atom. The molecule has 1 fully saturated rings. The van der Waals surface area contributed by atoms with Crippen molar-refractivity contribution in [3.8, 4) is 17.2 Å². The molecular formula is C21H19N7O2S. The number of carbonyl (C=O) groups is 1. The molecule has 1 aliphatic rings. The molecule has 9 nitrogen and oxygen atoms in total. The Kier molecular flexibility index (Phi) is 4.75. The third-order valence-electron chi connectivity index (χ3n) is 5.19. The van der Waals surface area contributed by atoms with Crippen LogP contribution in [0.2, 0.25) is 0 Å². The predicted molar refractivity (Wildman–Crippen MR) is 113 cm³/mol. The van der Waals surface area contributed by atoms with E-state index in [0.29, 0.717) is 25.2 Å². The SMILES string of the molecule is CCn1cc(-c2ccc3sc(Cc4nnc(CC(=O)NC5(C#N)CC5)o4)nc3c2)cn1. The number of fused-ring (bicyclic) bond motifs is 1. The number of benzene rings is 1. The summed E-state index contributed by atoms with van der Waals surface area (Å²) in [6, 6.07) is 8.31. The molecule has 0 radical (unpaired) electrons. The minimum atomic E-state index is -0.699. The molecule has 31 heavy (non-hydrogen) atoms. The Labute approximate surface area is 181 Å². The van der Waals surface area contributed by atoms with Gasteiger partial charge in [0.15, 0.2) is 0 Å². The van der Waals surface area contributed by atoms with Crippen LogP contribution in [0.1, 0.15) is 36.6 Å². The van der Waals surface area contributed by atoms with Gasteiger partial charge >= 0.3 is 0 Å². The van der Waals surface area contributed by atoms with Crippen molar-refractivity contribution < 1.29 is 9.21 Å². The number of aromatic nitrogens is 5. The molecule has 0 spiro atoms. The molecule has 4 aromatic rings. The van der Waals surface area contributed by atoms with E-state index in [4.69, 9.17) is 14.7 Å². The molecule has 156 valence electrons. The minimum Gasteiger partial charge on any atom is -0.424 e. The molecular weight excluding hydrogens is 414 g/mol. The average Bonchev–Trinajstić information content (AvgIpc) is 3.13. The molecule has 1 N–H and O–H groups in total. The van der Waals surface area contributed by atoms with Crippen molar-refractivity contribution in [3.63, 3.8) is 0 Å². The first-order chi connectivity index (χ1) is 15.1. The minimum absolute atomic E-state index is 0.0366. The van der Waals surface area contributed by atoms with Gasteiger partial charge in [0.1, 0.15) is 17.0 Å². The molecule has 1 amide bonds. The molecule has 0 saturated heterocycles. The monoisotopic (exact) mass is 433 g/mol. The fraction of sp³-hybridized carbons (Fsp3) is 0.333. The van der Waals surface area contributed by atoms with Crippen molar-refractivity contribution >= 4 is 27.5 Å². The molecule has 0 unspecified atom stereocenters. The summed E-state index contributed by atoms with van der Waals surface area (Å²) in [5, 5.41) is 25.0. The zero-order chi connectivity index (χ0) is 21.4. The fourth-order valence-electron chi connectivity index (χ4n) is 3.31. The van der Waals surface area contributed by atoms with Crippen molar-refractivity contribution in [2.45, 2.75) is 44.7 Å². The van der Waals surface area contributed by atoms with Crippen LogP contribution >= 0.6 is 11.3 Å². The summed E-state index contributed by atoms with van der Waals surface area (Å²) >= 11 is 1.57. The van der Waals surface area contributed by atoms with Crippen LogP contribution in [0.15, 0.2) is 35.0 Å². The first kappa shape index (κ1) is 19.4. The van der Waals surface area contributed by atoms with Crippen LogP contribution in [0.4, 0.5) is 0 Å². The van der Waals surface area contributed by atoms with Gasteiger partial charge in [-0.15, -0.1) is 21.5 Å². The van der Waals surface area contributed by atoms with Crippen LogP contribution in [0.3, 0.4) is 0 Å². The number of hydrogen-bond acceptors (Lipinski definition) is 8. The van der Waals surface area contributed by atoms with E-state index >= 15 is 0 Å². The summed E-state index contributed by atoms with van der Waals surface area (Å²) in [4.78, 5) is 16.8. The molecule has 0 bridgehead atoms.